The van der Waals surface area contributed by atoms with Crippen LogP contribution in [0.3, 0.4) is 0 Å². The van der Waals surface area contributed by atoms with Crippen molar-refractivity contribution in [3.8, 4) is 17.2 Å². The third-order valence-electron chi connectivity index (χ3n) is 6.33. The number of aryl methyl sites for hydroxylation is 1. The molecule has 172 valence electrons. The Labute approximate surface area is 204 Å². The predicted molar refractivity (Wildman–Crippen MR) is 138 cm³/mol. The number of methoxy groups -OCH3 is 1. The van der Waals surface area contributed by atoms with Crippen LogP contribution in [0.1, 0.15) is 34.7 Å². The number of nitrogens with one attached hydrogen (secondary N) is 1. The lowest BCUT2D eigenvalue weighted by atomic mass is 9.96. The van der Waals surface area contributed by atoms with Crippen molar-refractivity contribution in [2.45, 2.75) is 25.9 Å². The molecule has 0 bridgehead atoms. The van der Waals surface area contributed by atoms with Gasteiger partial charge in [0.05, 0.1) is 24.9 Å². The Balaban J connectivity index is 1.68. The highest BCUT2D eigenvalue weighted by Gasteiger charge is 2.42. The number of ether oxygens (including phenoxy) is 1. The predicted octanol–water partition coefficient (Wildman–Crippen LogP) is 5.38. The van der Waals surface area contributed by atoms with E-state index in [2.05, 4.69) is 39.7 Å². The number of thiocarbonyl (C=S) groups is 1. The fourth-order valence-electron chi connectivity index (χ4n) is 4.80. The summed E-state index contributed by atoms with van der Waals surface area (Å²) in [5.74, 6) is 1.02. The van der Waals surface area contributed by atoms with Crippen molar-refractivity contribution in [3.05, 3.63) is 102 Å². The van der Waals surface area contributed by atoms with E-state index in [1.54, 1.807) is 19.2 Å². The van der Waals surface area contributed by atoms with Crippen LogP contribution < -0.4 is 15.0 Å². The fraction of sp³-hybridized carbons (Fsp3) is 0.185. The smallest absolute Gasteiger partial charge is 0.174 e. The van der Waals surface area contributed by atoms with E-state index in [1.807, 2.05) is 60.8 Å². The first-order valence-corrected chi connectivity index (χ1v) is 11.5. The molecule has 0 saturated carbocycles. The van der Waals surface area contributed by atoms with Gasteiger partial charge in [-0.3, -0.25) is 4.98 Å². The van der Waals surface area contributed by atoms with Gasteiger partial charge in [-0.25, -0.2) is 0 Å². The first-order valence-electron chi connectivity index (χ1n) is 11.1. The second kappa shape index (κ2) is 8.83. The maximum atomic E-state index is 9.76. The van der Waals surface area contributed by atoms with Gasteiger partial charge >= 0.3 is 0 Å². The van der Waals surface area contributed by atoms with Gasteiger partial charge in [0.2, 0.25) is 0 Å². The number of pyridine rings is 1. The van der Waals surface area contributed by atoms with Crippen LogP contribution in [0.2, 0.25) is 0 Å². The van der Waals surface area contributed by atoms with Crippen LogP contribution in [0.5, 0.6) is 11.5 Å². The zero-order chi connectivity index (χ0) is 23.8. The molecule has 1 aliphatic heterocycles. The largest absolute Gasteiger partial charge is 0.508 e. The topological polar surface area (TPSA) is 62.5 Å². The van der Waals surface area contributed by atoms with E-state index in [1.165, 1.54) is 0 Å². The van der Waals surface area contributed by atoms with Gasteiger partial charge in [0.1, 0.15) is 11.5 Å². The summed E-state index contributed by atoms with van der Waals surface area (Å²) in [6, 6.07) is 23.1. The molecule has 0 amide bonds. The minimum absolute atomic E-state index is 0.119. The number of anilines is 1. The van der Waals surface area contributed by atoms with Gasteiger partial charge in [-0.05, 0) is 86.2 Å². The molecule has 0 spiro atoms. The second-order valence-corrected chi connectivity index (χ2v) is 8.76. The van der Waals surface area contributed by atoms with Crippen LogP contribution in [0.15, 0.2) is 79.0 Å². The van der Waals surface area contributed by atoms with Crippen LogP contribution in [0.4, 0.5) is 5.69 Å². The molecule has 1 aliphatic rings. The molecule has 1 saturated heterocycles. The van der Waals surface area contributed by atoms with Gasteiger partial charge in [0, 0.05) is 35.0 Å². The van der Waals surface area contributed by atoms with Crippen molar-refractivity contribution in [1.29, 1.82) is 0 Å². The first-order chi connectivity index (χ1) is 16.5. The summed E-state index contributed by atoms with van der Waals surface area (Å²) in [7, 11) is 1.67. The molecular weight excluding hydrogens is 444 g/mol. The van der Waals surface area contributed by atoms with Gasteiger partial charge in [0.15, 0.2) is 5.11 Å². The lowest BCUT2D eigenvalue weighted by molar-refractivity contribution is 0.415. The summed E-state index contributed by atoms with van der Waals surface area (Å²) >= 11 is 5.86. The van der Waals surface area contributed by atoms with Crippen LogP contribution in [-0.4, -0.2) is 26.9 Å². The first kappa shape index (κ1) is 22.0. The highest BCUT2D eigenvalue weighted by atomic mass is 32.1. The summed E-state index contributed by atoms with van der Waals surface area (Å²) in [5, 5.41) is 13.9. The van der Waals surface area contributed by atoms with E-state index < -0.39 is 0 Å². The second-order valence-electron chi connectivity index (χ2n) is 8.38. The quantitative estimate of drug-likeness (QED) is 0.382. The molecule has 2 aromatic heterocycles. The third kappa shape index (κ3) is 3.78. The molecule has 2 N–H and O–H groups in total. The Hall–Kier alpha value is -3.84. The molecule has 1 fully saturated rings. The number of aromatic nitrogens is 2. The van der Waals surface area contributed by atoms with Crippen molar-refractivity contribution >= 4 is 23.0 Å². The van der Waals surface area contributed by atoms with E-state index in [0.29, 0.717) is 5.11 Å². The highest BCUT2D eigenvalue weighted by Crippen LogP contribution is 2.44. The summed E-state index contributed by atoms with van der Waals surface area (Å²) in [5.41, 5.74) is 6.23. The van der Waals surface area contributed by atoms with Crippen LogP contribution in [0, 0.1) is 13.8 Å². The minimum atomic E-state index is -0.131. The highest BCUT2D eigenvalue weighted by molar-refractivity contribution is 7.80. The van der Waals surface area contributed by atoms with Gasteiger partial charge in [-0.2, -0.15) is 0 Å². The summed E-state index contributed by atoms with van der Waals surface area (Å²) in [6.45, 7) is 4.21. The van der Waals surface area contributed by atoms with E-state index in [9.17, 15) is 5.11 Å². The van der Waals surface area contributed by atoms with Crippen molar-refractivity contribution in [2.24, 2.45) is 0 Å². The standard InChI is InChI=1S/C27H26N4O2S/c1-17-15-23(18(2)30(17)19-10-12-21(32)13-11-19)26-25(24-9-4-5-14-28-24)29-27(34)31(26)20-7-6-8-22(16-20)33-3/h4-16,25-26,32H,1-3H3,(H,29,34)/t25-,26-/m1/s1. The zero-order valence-electron chi connectivity index (χ0n) is 19.3. The van der Waals surface area contributed by atoms with E-state index >= 15 is 0 Å². The Morgan fingerprint density at radius 1 is 0.971 bits per heavy atom. The van der Waals surface area contributed by atoms with Crippen LogP contribution >= 0.6 is 12.2 Å². The third-order valence-corrected chi connectivity index (χ3v) is 6.64. The molecular formula is C27H26N4O2S. The normalized spacial score (nSPS) is 17.6. The Kier molecular flexibility index (Phi) is 5.71. The molecule has 5 rings (SSSR count). The molecule has 34 heavy (non-hydrogen) atoms. The molecule has 0 unspecified atom stereocenters. The Bertz CT molecular complexity index is 1330. The average molecular weight is 471 g/mol. The number of benzene rings is 2. The average Bonchev–Trinajstić information content (AvgIpc) is 3.35. The number of hydrogen-bond donors (Lipinski definition) is 2. The van der Waals surface area contributed by atoms with Crippen molar-refractivity contribution in [2.75, 3.05) is 12.0 Å². The molecule has 0 radical (unpaired) electrons. The maximum absolute atomic E-state index is 9.76. The number of phenols is 1. The van der Waals surface area contributed by atoms with Crippen molar-refractivity contribution < 1.29 is 9.84 Å². The van der Waals surface area contributed by atoms with E-state index in [0.717, 1.165) is 39.8 Å². The lowest BCUT2D eigenvalue weighted by Crippen LogP contribution is -2.29. The molecule has 4 aromatic rings. The Morgan fingerprint density at radius 3 is 2.47 bits per heavy atom. The van der Waals surface area contributed by atoms with Crippen LogP contribution in [-0.2, 0) is 0 Å². The SMILES string of the molecule is COc1cccc(N2C(=S)N[C@H](c3ccccn3)[C@H]2c2cc(C)n(-c3ccc(O)cc3)c2C)c1. The van der Waals surface area contributed by atoms with E-state index in [-0.39, 0.29) is 17.8 Å². The van der Waals surface area contributed by atoms with E-state index in [4.69, 9.17) is 17.0 Å². The van der Waals surface area contributed by atoms with Gasteiger partial charge in [-0.15, -0.1) is 0 Å². The number of aromatic hydroxyl groups is 1. The summed E-state index contributed by atoms with van der Waals surface area (Å²) in [6.07, 6.45) is 1.81. The molecule has 7 heteroatoms. The zero-order valence-corrected chi connectivity index (χ0v) is 20.1. The van der Waals surface area contributed by atoms with Crippen LogP contribution in [0.25, 0.3) is 5.69 Å². The summed E-state index contributed by atoms with van der Waals surface area (Å²) in [4.78, 5) is 6.80. The number of phenolic OH excluding ortho intramolecular Hbond substituents is 1. The molecule has 2 aromatic carbocycles. The molecule has 3 heterocycles. The maximum Gasteiger partial charge on any atom is 0.174 e. The van der Waals surface area contributed by atoms with Crippen molar-refractivity contribution in [1.82, 2.24) is 14.9 Å². The molecule has 6 nitrogen and oxygen atoms in total. The number of rotatable bonds is 5. The van der Waals surface area contributed by atoms with Gasteiger partial charge in [-0.1, -0.05) is 12.1 Å². The number of nitrogens with zero attached hydrogens (tertiary/aromatic N) is 3. The van der Waals surface area contributed by atoms with Crippen molar-refractivity contribution in [3.63, 3.8) is 0 Å². The number of hydrogen-bond acceptors (Lipinski definition) is 4. The fourth-order valence-corrected chi connectivity index (χ4v) is 5.14. The monoisotopic (exact) mass is 470 g/mol. The Morgan fingerprint density at radius 2 is 1.76 bits per heavy atom. The van der Waals surface area contributed by atoms with Gasteiger partial charge < -0.3 is 24.6 Å². The summed E-state index contributed by atoms with van der Waals surface area (Å²) < 4.78 is 7.69. The van der Waals surface area contributed by atoms with Gasteiger partial charge in [0.25, 0.3) is 0 Å². The molecule has 0 aliphatic carbocycles. The minimum Gasteiger partial charge on any atom is -0.508 e. The molecule has 2 atom stereocenters. The lowest BCUT2D eigenvalue weighted by Gasteiger charge is -2.28.